The van der Waals surface area contributed by atoms with Gasteiger partial charge in [-0.2, -0.15) is 0 Å². The van der Waals surface area contributed by atoms with Gasteiger partial charge in [0.25, 0.3) is 5.91 Å². The maximum Gasteiger partial charge on any atom is 0.260 e. The Morgan fingerprint density at radius 1 is 1.11 bits per heavy atom. The van der Waals surface area contributed by atoms with Crippen molar-refractivity contribution in [3.63, 3.8) is 0 Å². The lowest BCUT2D eigenvalue weighted by molar-refractivity contribution is -0.117. The molecule has 7 heteroatoms. The van der Waals surface area contributed by atoms with Crippen LogP contribution >= 0.6 is 11.6 Å². The summed E-state index contributed by atoms with van der Waals surface area (Å²) in [4.78, 5) is 28.5. The monoisotopic (exact) mass is 388 g/mol. The molecule has 0 saturated carbocycles. The molecule has 142 valence electrons. The highest BCUT2D eigenvalue weighted by Gasteiger charge is 2.27. The first kappa shape index (κ1) is 19.0. The van der Waals surface area contributed by atoms with Gasteiger partial charge >= 0.3 is 0 Å². The highest BCUT2D eigenvalue weighted by Crippen LogP contribution is 2.33. The van der Waals surface area contributed by atoms with Gasteiger partial charge in [0.15, 0.2) is 11.5 Å². The minimum Gasteiger partial charge on any atom is -0.493 e. The molecule has 0 atom stereocenters. The number of amides is 2. The fourth-order valence-corrected chi connectivity index (χ4v) is 3.31. The molecule has 2 amide bonds. The first-order valence-electron chi connectivity index (χ1n) is 8.56. The van der Waals surface area contributed by atoms with Gasteiger partial charge in [-0.3, -0.25) is 9.59 Å². The van der Waals surface area contributed by atoms with Crippen molar-refractivity contribution < 1.29 is 19.1 Å². The zero-order chi connectivity index (χ0) is 19.6. The Balaban J connectivity index is 1.97. The first-order valence-corrected chi connectivity index (χ1v) is 8.94. The number of carbonyl (C=O) groups is 2. The van der Waals surface area contributed by atoms with Crippen molar-refractivity contribution in [2.75, 3.05) is 37.6 Å². The number of hydrogen-bond donors (Lipinski definition) is 0. The second kappa shape index (κ2) is 7.88. The Bertz CT molecular complexity index is 884. The summed E-state index contributed by atoms with van der Waals surface area (Å²) in [6, 6.07) is 10.2. The number of carbonyl (C=O) groups excluding carboxylic acids is 2. The second-order valence-electron chi connectivity index (χ2n) is 6.21. The molecular formula is C20H21ClN2O4. The van der Waals surface area contributed by atoms with Crippen molar-refractivity contribution in [1.82, 2.24) is 0 Å². The molecule has 0 aliphatic carbocycles. The van der Waals surface area contributed by atoms with Gasteiger partial charge in [-0.25, -0.2) is 0 Å². The van der Waals surface area contributed by atoms with Gasteiger partial charge in [0, 0.05) is 36.8 Å². The van der Waals surface area contributed by atoms with Crippen LogP contribution in [0.25, 0.3) is 0 Å². The quantitative estimate of drug-likeness (QED) is 0.782. The minimum atomic E-state index is -0.242. The SMILES string of the molecule is COc1ccc(N(C)C(=O)c2ccc(Cl)cc2N2CCCC2=O)cc1OC. The van der Waals surface area contributed by atoms with E-state index in [9.17, 15) is 9.59 Å². The number of benzene rings is 2. The third-order valence-corrected chi connectivity index (χ3v) is 4.85. The Morgan fingerprint density at radius 3 is 2.48 bits per heavy atom. The van der Waals surface area contributed by atoms with Crippen molar-refractivity contribution in [3.05, 3.63) is 47.0 Å². The number of nitrogens with zero attached hydrogens (tertiary/aromatic N) is 2. The highest BCUT2D eigenvalue weighted by atomic mass is 35.5. The normalized spacial score (nSPS) is 13.6. The summed E-state index contributed by atoms with van der Waals surface area (Å²) >= 11 is 6.12. The number of rotatable bonds is 5. The van der Waals surface area contributed by atoms with Crippen LogP contribution in [0.1, 0.15) is 23.2 Å². The third kappa shape index (κ3) is 3.71. The van der Waals surface area contributed by atoms with Gasteiger partial charge in [-0.1, -0.05) is 11.6 Å². The standard InChI is InChI=1S/C20H21ClN2O4/c1-22(14-7-9-17(26-2)18(12-14)27-3)20(25)15-8-6-13(21)11-16(15)23-10-4-5-19(23)24/h6-9,11-12H,4-5,10H2,1-3H3. The van der Waals surface area contributed by atoms with E-state index in [0.29, 0.717) is 46.4 Å². The summed E-state index contributed by atoms with van der Waals surface area (Å²) in [6.45, 7) is 0.583. The first-order chi connectivity index (χ1) is 13.0. The number of methoxy groups -OCH3 is 2. The van der Waals surface area contributed by atoms with E-state index in [-0.39, 0.29) is 11.8 Å². The molecule has 1 aliphatic heterocycles. The molecule has 2 aromatic rings. The third-order valence-electron chi connectivity index (χ3n) is 4.61. The molecule has 0 unspecified atom stereocenters. The molecule has 1 fully saturated rings. The maximum absolute atomic E-state index is 13.2. The molecule has 0 bridgehead atoms. The van der Waals surface area contributed by atoms with Gasteiger partial charge in [0.05, 0.1) is 25.5 Å². The lowest BCUT2D eigenvalue weighted by atomic mass is 10.1. The van der Waals surface area contributed by atoms with Crippen molar-refractivity contribution in [2.24, 2.45) is 0 Å². The van der Waals surface area contributed by atoms with Gasteiger partial charge in [-0.05, 0) is 36.8 Å². The molecule has 1 aliphatic rings. The lowest BCUT2D eigenvalue weighted by Gasteiger charge is -2.24. The van der Waals surface area contributed by atoms with E-state index in [0.717, 1.165) is 6.42 Å². The van der Waals surface area contributed by atoms with Gasteiger partial charge in [-0.15, -0.1) is 0 Å². The topological polar surface area (TPSA) is 59.1 Å². The lowest BCUT2D eigenvalue weighted by Crippen LogP contribution is -2.31. The average molecular weight is 389 g/mol. The summed E-state index contributed by atoms with van der Waals surface area (Å²) in [6.07, 6.45) is 1.25. The second-order valence-corrected chi connectivity index (χ2v) is 6.65. The Hall–Kier alpha value is -2.73. The van der Waals surface area contributed by atoms with E-state index >= 15 is 0 Å². The van der Waals surface area contributed by atoms with E-state index < -0.39 is 0 Å². The predicted octanol–water partition coefficient (Wildman–Crippen LogP) is 3.76. The summed E-state index contributed by atoms with van der Waals surface area (Å²) in [5.41, 5.74) is 1.61. The molecule has 0 spiro atoms. The van der Waals surface area contributed by atoms with Crippen LogP contribution in [0.4, 0.5) is 11.4 Å². The summed E-state index contributed by atoms with van der Waals surface area (Å²) in [7, 11) is 4.77. The van der Waals surface area contributed by atoms with Crippen molar-refractivity contribution in [3.8, 4) is 11.5 Å². The van der Waals surface area contributed by atoms with E-state index in [1.807, 2.05) is 0 Å². The largest absolute Gasteiger partial charge is 0.493 e. The maximum atomic E-state index is 13.2. The predicted molar refractivity (Wildman–Crippen MR) is 105 cm³/mol. The summed E-state index contributed by atoms with van der Waals surface area (Å²) < 4.78 is 10.6. The number of hydrogen-bond acceptors (Lipinski definition) is 4. The van der Waals surface area contributed by atoms with Crippen LogP contribution in [0.15, 0.2) is 36.4 Å². The summed E-state index contributed by atoms with van der Waals surface area (Å²) in [5.74, 6) is 0.867. The van der Waals surface area contributed by atoms with Crippen LogP contribution in [-0.2, 0) is 4.79 Å². The zero-order valence-corrected chi connectivity index (χ0v) is 16.2. The molecular weight excluding hydrogens is 368 g/mol. The van der Waals surface area contributed by atoms with Crippen LogP contribution in [0.2, 0.25) is 5.02 Å². The molecule has 1 heterocycles. The molecule has 1 saturated heterocycles. The van der Waals surface area contributed by atoms with Crippen LogP contribution in [-0.4, -0.2) is 39.6 Å². The van der Waals surface area contributed by atoms with Crippen LogP contribution < -0.4 is 19.3 Å². The van der Waals surface area contributed by atoms with E-state index in [1.54, 1.807) is 62.6 Å². The Kier molecular flexibility index (Phi) is 5.56. The fourth-order valence-electron chi connectivity index (χ4n) is 3.14. The Labute approximate surface area is 163 Å². The van der Waals surface area contributed by atoms with E-state index in [2.05, 4.69) is 0 Å². The highest BCUT2D eigenvalue weighted by molar-refractivity contribution is 6.31. The molecule has 0 N–H and O–H groups in total. The van der Waals surface area contributed by atoms with Crippen molar-refractivity contribution in [1.29, 1.82) is 0 Å². The molecule has 27 heavy (non-hydrogen) atoms. The van der Waals surface area contributed by atoms with Gasteiger partial charge < -0.3 is 19.3 Å². The van der Waals surface area contributed by atoms with Crippen LogP contribution in [0, 0.1) is 0 Å². The molecule has 3 rings (SSSR count). The van der Waals surface area contributed by atoms with Crippen LogP contribution in [0.3, 0.4) is 0 Å². The number of halogens is 1. The molecule has 6 nitrogen and oxygen atoms in total. The van der Waals surface area contributed by atoms with E-state index in [4.69, 9.17) is 21.1 Å². The average Bonchev–Trinajstić information content (AvgIpc) is 3.12. The van der Waals surface area contributed by atoms with Gasteiger partial charge in [0.2, 0.25) is 5.91 Å². The molecule has 2 aromatic carbocycles. The van der Waals surface area contributed by atoms with Crippen LogP contribution in [0.5, 0.6) is 11.5 Å². The zero-order valence-electron chi connectivity index (χ0n) is 15.5. The van der Waals surface area contributed by atoms with E-state index in [1.165, 1.54) is 4.90 Å². The minimum absolute atomic E-state index is 0.0000800. The number of ether oxygens (including phenoxy) is 2. The smallest absolute Gasteiger partial charge is 0.260 e. The molecule has 0 aromatic heterocycles. The Morgan fingerprint density at radius 2 is 1.85 bits per heavy atom. The number of anilines is 2. The molecule has 0 radical (unpaired) electrons. The van der Waals surface area contributed by atoms with Gasteiger partial charge in [0.1, 0.15) is 0 Å². The fraction of sp³-hybridized carbons (Fsp3) is 0.300. The van der Waals surface area contributed by atoms with Crippen molar-refractivity contribution >= 4 is 34.8 Å². The summed E-state index contributed by atoms with van der Waals surface area (Å²) in [5, 5.41) is 0.481. The van der Waals surface area contributed by atoms with Crippen molar-refractivity contribution in [2.45, 2.75) is 12.8 Å².